The number of nitro benzene ring substituents is 2. The van der Waals surface area contributed by atoms with Crippen LogP contribution in [0.3, 0.4) is 0 Å². The first kappa shape index (κ1) is 18.4. The summed E-state index contributed by atoms with van der Waals surface area (Å²) in [5.74, 6) is -0.575. The van der Waals surface area contributed by atoms with E-state index in [0.717, 1.165) is 17.4 Å². The number of aromatic nitrogens is 2. The number of amides is 1. The van der Waals surface area contributed by atoms with Crippen LogP contribution in [0.25, 0.3) is 10.6 Å². The van der Waals surface area contributed by atoms with Crippen molar-refractivity contribution in [1.29, 1.82) is 0 Å². The molecule has 3 rings (SSSR count). The number of carbonyl (C=O) groups excluding carboxylic acids is 1. The average Bonchev–Trinajstić information content (AvgIpc) is 3.10. The number of nitro groups is 2. The monoisotopic (exact) mass is 405 g/mol. The van der Waals surface area contributed by atoms with Gasteiger partial charge in [-0.15, -0.1) is 10.2 Å². The molecular weight excluding hydrogens is 398 g/mol. The molecule has 0 saturated heterocycles. The Balaban J connectivity index is 1.79. The molecule has 1 heterocycles. The molecule has 0 aliphatic carbocycles. The molecule has 0 spiro atoms. The standard InChI is InChI=1S/C15H8ClN5O5S/c16-11-7-8(4-5-12(11)21(25)26)13(22)17-15-19-18-14(27-15)9-2-1-3-10(6-9)20(23)24/h1-7H,(H,17,19,22). The van der Waals surface area contributed by atoms with Crippen molar-refractivity contribution < 1.29 is 14.6 Å². The lowest BCUT2D eigenvalue weighted by molar-refractivity contribution is -0.384. The number of hydrogen-bond donors (Lipinski definition) is 1. The molecule has 3 aromatic rings. The van der Waals surface area contributed by atoms with Crippen molar-refractivity contribution in [2.75, 3.05) is 5.32 Å². The Hall–Kier alpha value is -3.44. The van der Waals surface area contributed by atoms with Crippen LogP contribution in [0.15, 0.2) is 42.5 Å². The van der Waals surface area contributed by atoms with Crippen LogP contribution in [0.2, 0.25) is 5.02 Å². The zero-order valence-corrected chi connectivity index (χ0v) is 14.7. The average molecular weight is 406 g/mol. The maximum absolute atomic E-state index is 12.2. The van der Waals surface area contributed by atoms with Crippen LogP contribution in [0.4, 0.5) is 16.5 Å². The summed E-state index contributed by atoms with van der Waals surface area (Å²) in [6.07, 6.45) is 0. The summed E-state index contributed by atoms with van der Waals surface area (Å²) in [5, 5.41) is 32.2. The molecule has 1 aromatic heterocycles. The number of nitrogens with zero attached hydrogens (tertiary/aromatic N) is 4. The highest BCUT2D eigenvalue weighted by atomic mass is 35.5. The van der Waals surface area contributed by atoms with Gasteiger partial charge in [-0.05, 0) is 12.1 Å². The number of carbonyl (C=O) groups is 1. The molecule has 0 unspecified atom stereocenters. The molecule has 10 nitrogen and oxygen atoms in total. The van der Waals surface area contributed by atoms with Crippen molar-refractivity contribution in [1.82, 2.24) is 10.2 Å². The highest BCUT2D eigenvalue weighted by Gasteiger charge is 2.17. The summed E-state index contributed by atoms with van der Waals surface area (Å²) >= 11 is 6.82. The molecule has 0 bridgehead atoms. The predicted octanol–water partition coefficient (Wildman–Crippen LogP) is 3.93. The second-order valence-electron chi connectivity index (χ2n) is 5.10. The molecule has 12 heteroatoms. The number of hydrogen-bond acceptors (Lipinski definition) is 8. The van der Waals surface area contributed by atoms with Crippen LogP contribution in [-0.4, -0.2) is 26.0 Å². The van der Waals surface area contributed by atoms with Gasteiger partial charge in [0, 0.05) is 29.3 Å². The minimum Gasteiger partial charge on any atom is -0.296 e. The van der Waals surface area contributed by atoms with E-state index < -0.39 is 15.8 Å². The molecule has 0 fully saturated rings. The van der Waals surface area contributed by atoms with Crippen molar-refractivity contribution >= 4 is 45.4 Å². The van der Waals surface area contributed by atoms with Crippen LogP contribution in [0.1, 0.15) is 10.4 Å². The summed E-state index contributed by atoms with van der Waals surface area (Å²) < 4.78 is 0. The summed E-state index contributed by atoms with van der Waals surface area (Å²) in [6.45, 7) is 0. The molecule has 2 aromatic carbocycles. The van der Waals surface area contributed by atoms with E-state index in [1.54, 1.807) is 6.07 Å². The van der Waals surface area contributed by atoms with Crippen molar-refractivity contribution in [2.45, 2.75) is 0 Å². The van der Waals surface area contributed by atoms with Crippen molar-refractivity contribution in [3.63, 3.8) is 0 Å². The first-order chi connectivity index (χ1) is 12.8. The molecule has 0 saturated carbocycles. The number of rotatable bonds is 5. The fraction of sp³-hybridized carbons (Fsp3) is 0. The summed E-state index contributed by atoms with van der Waals surface area (Å²) in [5.41, 5.74) is 0.198. The minimum atomic E-state index is -0.653. The van der Waals surface area contributed by atoms with Gasteiger partial charge in [0.2, 0.25) is 5.13 Å². The van der Waals surface area contributed by atoms with E-state index in [4.69, 9.17) is 11.6 Å². The van der Waals surface area contributed by atoms with Gasteiger partial charge in [-0.2, -0.15) is 0 Å². The Morgan fingerprint density at radius 1 is 1.07 bits per heavy atom. The summed E-state index contributed by atoms with van der Waals surface area (Å²) in [7, 11) is 0. The van der Waals surface area contributed by atoms with Gasteiger partial charge in [0.15, 0.2) is 0 Å². The Kier molecular flexibility index (Phi) is 5.05. The second-order valence-corrected chi connectivity index (χ2v) is 6.48. The van der Waals surface area contributed by atoms with Crippen molar-refractivity contribution in [2.24, 2.45) is 0 Å². The third kappa shape index (κ3) is 4.04. The van der Waals surface area contributed by atoms with Crippen LogP contribution in [0, 0.1) is 20.2 Å². The molecule has 27 heavy (non-hydrogen) atoms. The van der Waals surface area contributed by atoms with Gasteiger partial charge in [0.25, 0.3) is 17.3 Å². The normalized spacial score (nSPS) is 10.4. The quantitative estimate of drug-likeness (QED) is 0.500. The van der Waals surface area contributed by atoms with Crippen LogP contribution in [0.5, 0.6) is 0 Å². The highest BCUT2D eigenvalue weighted by molar-refractivity contribution is 7.18. The van der Waals surface area contributed by atoms with Gasteiger partial charge in [-0.3, -0.25) is 30.3 Å². The molecule has 0 atom stereocenters. The number of benzene rings is 2. The molecule has 1 N–H and O–H groups in total. The molecule has 1 amide bonds. The maximum Gasteiger partial charge on any atom is 0.287 e. The van der Waals surface area contributed by atoms with Gasteiger partial charge >= 0.3 is 0 Å². The zero-order valence-electron chi connectivity index (χ0n) is 13.2. The van der Waals surface area contributed by atoms with Crippen LogP contribution in [-0.2, 0) is 0 Å². The number of anilines is 1. The number of non-ortho nitro benzene ring substituents is 1. The van der Waals surface area contributed by atoms with E-state index in [9.17, 15) is 25.0 Å². The first-order valence-corrected chi connectivity index (χ1v) is 8.38. The van der Waals surface area contributed by atoms with E-state index in [-0.39, 0.29) is 27.1 Å². The van der Waals surface area contributed by atoms with Gasteiger partial charge in [-0.1, -0.05) is 35.1 Å². The van der Waals surface area contributed by atoms with Gasteiger partial charge < -0.3 is 0 Å². The Bertz CT molecular complexity index is 1070. The van der Waals surface area contributed by atoms with E-state index in [2.05, 4.69) is 15.5 Å². The number of nitrogens with one attached hydrogen (secondary N) is 1. The third-order valence-corrected chi connectivity index (χ3v) is 4.55. The molecule has 0 radical (unpaired) electrons. The van der Waals surface area contributed by atoms with Gasteiger partial charge in [0.05, 0.1) is 9.85 Å². The highest BCUT2D eigenvalue weighted by Crippen LogP contribution is 2.29. The van der Waals surface area contributed by atoms with E-state index in [1.165, 1.54) is 30.3 Å². The molecule has 136 valence electrons. The third-order valence-electron chi connectivity index (χ3n) is 3.36. The SMILES string of the molecule is O=C(Nc1nnc(-c2cccc([N+](=O)[O-])c2)s1)c1ccc([N+](=O)[O-])c(Cl)c1. The topological polar surface area (TPSA) is 141 Å². The van der Waals surface area contributed by atoms with Gasteiger partial charge in [-0.25, -0.2) is 0 Å². The summed E-state index contributed by atoms with van der Waals surface area (Å²) in [4.78, 5) is 32.7. The lowest BCUT2D eigenvalue weighted by Gasteiger charge is -2.02. The maximum atomic E-state index is 12.2. The van der Waals surface area contributed by atoms with Crippen LogP contribution < -0.4 is 5.32 Å². The zero-order chi connectivity index (χ0) is 19.6. The van der Waals surface area contributed by atoms with Gasteiger partial charge in [0.1, 0.15) is 10.0 Å². The van der Waals surface area contributed by atoms with E-state index in [1.807, 2.05) is 0 Å². The Morgan fingerprint density at radius 2 is 1.85 bits per heavy atom. The van der Waals surface area contributed by atoms with Crippen molar-refractivity contribution in [3.8, 4) is 10.6 Å². The fourth-order valence-electron chi connectivity index (χ4n) is 2.11. The molecule has 0 aliphatic rings. The molecular formula is C15H8ClN5O5S. The van der Waals surface area contributed by atoms with E-state index >= 15 is 0 Å². The van der Waals surface area contributed by atoms with Crippen molar-refractivity contribution in [3.05, 3.63) is 73.3 Å². The second kappa shape index (κ2) is 7.43. The fourth-order valence-corrected chi connectivity index (χ4v) is 3.09. The lowest BCUT2D eigenvalue weighted by atomic mass is 10.2. The Morgan fingerprint density at radius 3 is 2.52 bits per heavy atom. The largest absolute Gasteiger partial charge is 0.296 e. The number of halogens is 1. The Labute approximate surface area is 159 Å². The minimum absolute atomic E-state index is 0.0891. The van der Waals surface area contributed by atoms with E-state index in [0.29, 0.717) is 10.6 Å². The molecule has 0 aliphatic heterocycles. The smallest absolute Gasteiger partial charge is 0.287 e. The van der Waals surface area contributed by atoms with Crippen LogP contribution >= 0.6 is 22.9 Å². The predicted molar refractivity (Wildman–Crippen MR) is 98.1 cm³/mol. The lowest BCUT2D eigenvalue weighted by Crippen LogP contribution is -2.11. The summed E-state index contributed by atoms with van der Waals surface area (Å²) in [6, 6.07) is 9.43. The first-order valence-electron chi connectivity index (χ1n) is 7.19.